The topological polar surface area (TPSA) is 114 Å². The van der Waals surface area contributed by atoms with E-state index in [1.807, 2.05) is 54.6 Å². The van der Waals surface area contributed by atoms with Crippen molar-refractivity contribution in [2.24, 2.45) is 5.92 Å². The van der Waals surface area contributed by atoms with E-state index in [0.717, 1.165) is 16.7 Å². The molecule has 2 unspecified atom stereocenters. The Labute approximate surface area is 179 Å². The van der Waals surface area contributed by atoms with Gasteiger partial charge in [0.05, 0.1) is 12.5 Å². The molecule has 0 aliphatic carbocycles. The predicted molar refractivity (Wildman–Crippen MR) is 114 cm³/mol. The van der Waals surface area contributed by atoms with Crippen LogP contribution in [0.1, 0.15) is 36.5 Å². The summed E-state index contributed by atoms with van der Waals surface area (Å²) in [5.74, 6) is -2.33. The zero-order chi connectivity index (χ0) is 22.2. The SMILES string of the molecule is CCOC(=O)C(C)CC(Cc1ccc(-c2ccccc2)cc1)NC(=O)c1noc(=O)[nH]1. The zero-order valence-electron chi connectivity index (χ0n) is 17.5. The lowest BCUT2D eigenvalue weighted by molar-refractivity contribution is -0.147. The van der Waals surface area contributed by atoms with Gasteiger partial charge in [-0.1, -0.05) is 61.5 Å². The molecule has 0 fully saturated rings. The molecule has 162 valence electrons. The Bertz CT molecular complexity index is 1060. The van der Waals surface area contributed by atoms with Gasteiger partial charge in [0.25, 0.3) is 5.91 Å². The largest absolute Gasteiger partial charge is 0.466 e. The number of nitrogens with zero attached hydrogens (tertiary/aromatic N) is 1. The third-order valence-corrected chi connectivity index (χ3v) is 4.86. The lowest BCUT2D eigenvalue weighted by Gasteiger charge is -2.21. The molecule has 8 nitrogen and oxygen atoms in total. The van der Waals surface area contributed by atoms with E-state index in [-0.39, 0.29) is 17.8 Å². The lowest BCUT2D eigenvalue weighted by atomic mass is 9.95. The smallest absolute Gasteiger partial charge is 0.439 e. The molecule has 2 aromatic carbocycles. The van der Waals surface area contributed by atoms with Gasteiger partial charge in [0.2, 0.25) is 5.82 Å². The normalized spacial score (nSPS) is 12.7. The Morgan fingerprint density at radius 1 is 1.10 bits per heavy atom. The first-order chi connectivity index (χ1) is 15.0. The molecule has 1 heterocycles. The second kappa shape index (κ2) is 10.4. The van der Waals surface area contributed by atoms with Crippen LogP contribution in [0.15, 0.2) is 63.9 Å². The van der Waals surface area contributed by atoms with Crippen LogP contribution in [0.2, 0.25) is 0 Å². The maximum atomic E-state index is 12.5. The van der Waals surface area contributed by atoms with Gasteiger partial charge >= 0.3 is 11.7 Å². The standard InChI is InChI=1S/C23H25N3O5/c1-3-30-22(28)15(2)13-19(24-21(27)20-25-23(29)31-26-20)14-16-9-11-18(12-10-16)17-7-5-4-6-8-17/h4-12,15,19H,3,13-14H2,1-2H3,(H,24,27)(H,25,26,29). The third-order valence-electron chi connectivity index (χ3n) is 4.86. The van der Waals surface area contributed by atoms with E-state index in [9.17, 15) is 14.4 Å². The van der Waals surface area contributed by atoms with Crippen molar-refractivity contribution in [2.75, 3.05) is 6.61 Å². The van der Waals surface area contributed by atoms with E-state index in [1.54, 1.807) is 13.8 Å². The Balaban J connectivity index is 1.74. The molecule has 3 aromatic rings. The average molecular weight is 423 g/mol. The summed E-state index contributed by atoms with van der Waals surface area (Å²) in [6, 6.07) is 17.7. The van der Waals surface area contributed by atoms with Crippen LogP contribution in [-0.4, -0.2) is 34.7 Å². The van der Waals surface area contributed by atoms with Crippen LogP contribution in [0.25, 0.3) is 11.1 Å². The highest BCUT2D eigenvalue weighted by atomic mass is 16.5. The van der Waals surface area contributed by atoms with Crippen LogP contribution >= 0.6 is 0 Å². The van der Waals surface area contributed by atoms with Crippen molar-refractivity contribution in [1.82, 2.24) is 15.5 Å². The van der Waals surface area contributed by atoms with Crippen LogP contribution < -0.4 is 11.1 Å². The quantitative estimate of drug-likeness (QED) is 0.512. The third kappa shape index (κ3) is 6.15. The van der Waals surface area contributed by atoms with Gasteiger partial charge in [-0.2, -0.15) is 0 Å². The van der Waals surface area contributed by atoms with E-state index < -0.39 is 17.6 Å². The fourth-order valence-corrected chi connectivity index (χ4v) is 3.33. The second-order valence-electron chi connectivity index (χ2n) is 7.27. The highest BCUT2D eigenvalue weighted by molar-refractivity contribution is 5.90. The first-order valence-corrected chi connectivity index (χ1v) is 10.1. The summed E-state index contributed by atoms with van der Waals surface area (Å²) in [6.07, 6.45) is 0.861. The minimum absolute atomic E-state index is 0.210. The highest BCUT2D eigenvalue weighted by Crippen LogP contribution is 2.21. The zero-order valence-corrected chi connectivity index (χ0v) is 17.5. The van der Waals surface area contributed by atoms with Crippen molar-refractivity contribution in [3.8, 4) is 11.1 Å². The molecular formula is C23H25N3O5. The number of benzene rings is 2. The van der Waals surface area contributed by atoms with Crippen molar-refractivity contribution in [3.63, 3.8) is 0 Å². The van der Waals surface area contributed by atoms with Gasteiger partial charge in [0.15, 0.2) is 0 Å². The Kier molecular flexibility index (Phi) is 7.37. The molecule has 1 amide bonds. The van der Waals surface area contributed by atoms with E-state index in [4.69, 9.17) is 4.74 Å². The summed E-state index contributed by atoms with van der Waals surface area (Å²) in [6.45, 7) is 3.80. The number of H-pyrrole nitrogens is 1. The highest BCUT2D eigenvalue weighted by Gasteiger charge is 2.23. The number of hydrogen-bond acceptors (Lipinski definition) is 6. The molecule has 0 aliphatic heterocycles. The first-order valence-electron chi connectivity index (χ1n) is 10.1. The molecule has 2 atom stereocenters. The number of nitrogens with one attached hydrogen (secondary N) is 2. The number of aromatic amines is 1. The van der Waals surface area contributed by atoms with Crippen molar-refractivity contribution in [2.45, 2.75) is 32.7 Å². The molecule has 1 aromatic heterocycles. The summed E-state index contributed by atoms with van der Waals surface area (Å²) in [5.41, 5.74) is 3.20. The molecular weight excluding hydrogens is 398 g/mol. The van der Waals surface area contributed by atoms with Gasteiger partial charge in [-0.15, -0.1) is 0 Å². The second-order valence-corrected chi connectivity index (χ2v) is 7.27. The summed E-state index contributed by atoms with van der Waals surface area (Å²) in [5, 5.41) is 6.25. The Hall–Kier alpha value is -3.68. The molecule has 8 heteroatoms. The molecule has 31 heavy (non-hydrogen) atoms. The molecule has 0 spiro atoms. The van der Waals surface area contributed by atoms with E-state index in [1.165, 1.54) is 0 Å². The molecule has 0 saturated heterocycles. The van der Waals surface area contributed by atoms with Crippen molar-refractivity contribution < 1.29 is 18.8 Å². The fraction of sp³-hybridized carbons (Fsp3) is 0.304. The van der Waals surface area contributed by atoms with Gasteiger partial charge < -0.3 is 10.1 Å². The molecule has 3 rings (SSSR count). The van der Waals surface area contributed by atoms with Crippen molar-refractivity contribution in [3.05, 3.63) is 76.5 Å². The minimum Gasteiger partial charge on any atom is -0.466 e. The van der Waals surface area contributed by atoms with Crippen LogP contribution in [0.4, 0.5) is 0 Å². The molecule has 0 bridgehead atoms. The molecule has 2 N–H and O–H groups in total. The molecule has 0 saturated carbocycles. The fourth-order valence-electron chi connectivity index (χ4n) is 3.33. The number of ether oxygens (including phenoxy) is 1. The number of rotatable bonds is 9. The first kappa shape index (κ1) is 22.0. The van der Waals surface area contributed by atoms with E-state index >= 15 is 0 Å². The summed E-state index contributed by atoms with van der Waals surface area (Å²) < 4.78 is 9.48. The number of carbonyl (C=O) groups is 2. The van der Waals surface area contributed by atoms with Gasteiger partial charge in [0.1, 0.15) is 0 Å². The van der Waals surface area contributed by atoms with E-state index in [0.29, 0.717) is 19.4 Å². The summed E-state index contributed by atoms with van der Waals surface area (Å²) >= 11 is 0. The van der Waals surface area contributed by atoms with Crippen LogP contribution in [0, 0.1) is 5.92 Å². The van der Waals surface area contributed by atoms with Crippen molar-refractivity contribution >= 4 is 11.9 Å². The maximum Gasteiger partial charge on any atom is 0.439 e. The van der Waals surface area contributed by atoms with Crippen LogP contribution in [-0.2, 0) is 16.0 Å². The van der Waals surface area contributed by atoms with Crippen LogP contribution in [0.5, 0.6) is 0 Å². The minimum atomic E-state index is -0.807. The monoisotopic (exact) mass is 423 g/mol. The van der Waals surface area contributed by atoms with Gasteiger partial charge in [-0.3, -0.25) is 19.1 Å². The summed E-state index contributed by atoms with van der Waals surface area (Å²) in [7, 11) is 0. The van der Waals surface area contributed by atoms with Crippen LogP contribution in [0.3, 0.4) is 0 Å². The Morgan fingerprint density at radius 2 is 1.77 bits per heavy atom. The number of amides is 1. The molecule has 0 aliphatic rings. The van der Waals surface area contributed by atoms with Gasteiger partial charge in [-0.25, -0.2) is 4.79 Å². The van der Waals surface area contributed by atoms with Crippen molar-refractivity contribution in [1.29, 1.82) is 0 Å². The number of aromatic nitrogens is 2. The number of carbonyl (C=O) groups excluding carboxylic acids is 2. The number of hydrogen-bond donors (Lipinski definition) is 2. The Morgan fingerprint density at radius 3 is 2.39 bits per heavy atom. The maximum absolute atomic E-state index is 12.5. The summed E-state index contributed by atoms with van der Waals surface area (Å²) in [4.78, 5) is 37.9. The average Bonchev–Trinajstić information content (AvgIpc) is 3.21. The van der Waals surface area contributed by atoms with E-state index in [2.05, 4.69) is 20.0 Å². The predicted octanol–water partition coefficient (Wildman–Crippen LogP) is 2.96. The van der Waals surface area contributed by atoms with Gasteiger partial charge in [-0.05, 0) is 41.6 Å². The number of esters is 1. The lowest BCUT2D eigenvalue weighted by Crippen LogP contribution is -2.39. The van der Waals surface area contributed by atoms with Gasteiger partial charge in [0, 0.05) is 6.04 Å². The molecule has 0 radical (unpaired) electrons.